The fourth-order valence-electron chi connectivity index (χ4n) is 2.73. The third-order valence-corrected chi connectivity index (χ3v) is 4.11. The van der Waals surface area contributed by atoms with Crippen LogP contribution in [-0.4, -0.2) is 18.1 Å². The monoisotopic (exact) mass is 319 g/mol. The third kappa shape index (κ3) is 2.14. The molecule has 0 aliphatic heterocycles. The molecule has 0 N–H and O–H groups in total. The molecule has 2 aromatic rings. The van der Waals surface area contributed by atoms with Gasteiger partial charge >= 0.3 is 5.97 Å². The normalized spacial score (nSPS) is 14.2. The molecule has 98 valence electrons. The Labute approximate surface area is 120 Å². The Hall–Kier alpha value is -1.42. The summed E-state index contributed by atoms with van der Waals surface area (Å²) in [6.45, 7) is 0. The minimum atomic E-state index is -0.261. The van der Waals surface area contributed by atoms with Gasteiger partial charge in [-0.2, -0.15) is 0 Å². The molecule has 0 spiro atoms. The van der Waals surface area contributed by atoms with E-state index in [1.54, 1.807) is 0 Å². The topological polar surface area (TPSA) is 39.2 Å². The fourth-order valence-corrected chi connectivity index (χ4v) is 3.09. The number of hydrogen-bond donors (Lipinski definition) is 0. The van der Waals surface area contributed by atoms with Crippen molar-refractivity contribution in [2.24, 2.45) is 0 Å². The fraction of sp³-hybridized carbons (Fsp3) is 0.333. The van der Waals surface area contributed by atoms with Crippen molar-refractivity contribution in [2.75, 3.05) is 7.11 Å². The van der Waals surface area contributed by atoms with E-state index in [2.05, 4.69) is 15.9 Å². The zero-order valence-corrected chi connectivity index (χ0v) is 12.3. The van der Waals surface area contributed by atoms with Gasteiger partial charge in [0.1, 0.15) is 0 Å². The van der Waals surface area contributed by atoms with E-state index in [0.29, 0.717) is 5.56 Å². The van der Waals surface area contributed by atoms with Gasteiger partial charge in [-0.15, -0.1) is 0 Å². The van der Waals surface area contributed by atoms with Crippen LogP contribution in [0.2, 0.25) is 0 Å². The van der Waals surface area contributed by atoms with Crippen LogP contribution in [0.15, 0.2) is 22.7 Å². The Balaban J connectivity index is 2.37. The first-order valence-electron chi connectivity index (χ1n) is 6.40. The zero-order valence-electron chi connectivity index (χ0n) is 10.7. The molecule has 0 saturated carbocycles. The molecule has 1 heterocycles. The van der Waals surface area contributed by atoms with Gasteiger partial charge in [-0.05, 0) is 49.4 Å². The molecule has 3 nitrogen and oxygen atoms in total. The Morgan fingerprint density at radius 3 is 2.89 bits per heavy atom. The second kappa shape index (κ2) is 4.93. The summed E-state index contributed by atoms with van der Waals surface area (Å²) >= 11 is 3.45. The number of esters is 1. The minimum absolute atomic E-state index is 0.261. The van der Waals surface area contributed by atoms with Crippen molar-refractivity contribution < 1.29 is 9.53 Å². The minimum Gasteiger partial charge on any atom is -0.465 e. The predicted molar refractivity (Wildman–Crippen MR) is 77.4 cm³/mol. The number of carbonyl (C=O) groups excluding carboxylic acids is 1. The molecular weight excluding hydrogens is 306 g/mol. The quantitative estimate of drug-likeness (QED) is 0.753. The molecule has 1 aromatic carbocycles. The molecular formula is C15H14BrNO2. The third-order valence-electron chi connectivity index (χ3n) is 3.61. The number of hydrogen-bond acceptors (Lipinski definition) is 3. The smallest absolute Gasteiger partial charge is 0.338 e. The highest BCUT2D eigenvalue weighted by molar-refractivity contribution is 9.10. The molecule has 3 rings (SSSR count). The van der Waals surface area contributed by atoms with E-state index in [1.807, 2.05) is 18.2 Å². The molecule has 0 radical (unpaired) electrons. The molecule has 0 unspecified atom stereocenters. The van der Waals surface area contributed by atoms with E-state index in [9.17, 15) is 4.79 Å². The number of aryl methyl sites for hydroxylation is 1. The highest BCUT2D eigenvalue weighted by atomic mass is 79.9. The van der Waals surface area contributed by atoms with Gasteiger partial charge in [0.05, 0.1) is 18.2 Å². The summed E-state index contributed by atoms with van der Waals surface area (Å²) in [5, 5.41) is 0.877. The number of benzene rings is 1. The van der Waals surface area contributed by atoms with Crippen molar-refractivity contribution >= 4 is 32.8 Å². The number of rotatable bonds is 1. The maximum atomic E-state index is 12.1. The van der Waals surface area contributed by atoms with Crippen molar-refractivity contribution in [3.8, 4) is 0 Å². The van der Waals surface area contributed by atoms with Gasteiger partial charge in [-0.3, -0.25) is 4.98 Å². The van der Waals surface area contributed by atoms with Crippen LogP contribution in [0.4, 0.5) is 0 Å². The number of ether oxygens (including phenoxy) is 1. The number of nitrogens with zero attached hydrogens (tertiary/aromatic N) is 1. The van der Waals surface area contributed by atoms with Crippen molar-refractivity contribution in [2.45, 2.75) is 25.7 Å². The Morgan fingerprint density at radius 2 is 2.11 bits per heavy atom. The van der Waals surface area contributed by atoms with E-state index in [0.717, 1.165) is 52.3 Å². The first-order chi connectivity index (χ1) is 9.20. The van der Waals surface area contributed by atoms with Crippen LogP contribution in [-0.2, 0) is 17.6 Å². The maximum Gasteiger partial charge on any atom is 0.338 e. The average molecular weight is 320 g/mol. The van der Waals surface area contributed by atoms with E-state index in [4.69, 9.17) is 9.72 Å². The van der Waals surface area contributed by atoms with Crippen molar-refractivity contribution in [1.82, 2.24) is 4.98 Å². The van der Waals surface area contributed by atoms with Crippen LogP contribution < -0.4 is 0 Å². The van der Waals surface area contributed by atoms with E-state index >= 15 is 0 Å². The molecule has 0 bridgehead atoms. The summed E-state index contributed by atoms with van der Waals surface area (Å²) in [5.41, 5.74) is 3.69. The van der Waals surface area contributed by atoms with Gasteiger partial charge in [0.25, 0.3) is 0 Å². The zero-order chi connectivity index (χ0) is 13.4. The van der Waals surface area contributed by atoms with Crippen LogP contribution in [0.25, 0.3) is 10.9 Å². The van der Waals surface area contributed by atoms with Gasteiger partial charge in [0.15, 0.2) is 0 Å². The van der Waals surface area contributed by atoms with Gasteiger partial charge < -0.3 is 4.74 Å². The summed E-state index contributed by atoms with van der Waals surface area (Å²) in [7, 11) is 1.43. The van der Waals surface area contributed by atoms with Crippen LogP contribution >= 0.6 is 15.9 Å². The van der Waals surface area contributed by atoms with Gasteiger partial charge in [0, 0.05) is 15.6 Å². The number of methoxy groups -OCH3 is 1. The van der Waals surface area contributed by atoms with E-state index in [1.165, 1.54) is 7.11 Å². The highest BCUT2D eigenvalue weighted by Crippen LogP contribution is 2.31. The van der Waals surface area contributed by atoms with Crippen LogP contribution in [0.5, 0.6) is 0 Å². The van der Waals surface area contributed by atoms with E-state index in [-0.39, 0.29) is 5.97 Å². The molecule has 1 aromatic heterocycles. The van der Waals surface area contributed by atoms with E-state index < -0.39 is 0 Å². The summed E-state index contributed by atoms with van der Waals surface area (Å²) in [4.78, 5) is 16.9. The van der Waals surface area contributed by atoms with Crippen molar-refractivity contribution in [3.05, 3.63) is 39.5 Å². The first kappa shape index (κ1) is 12.6. The average Bonchev–Trinajstić information content (AvgIpc) is 2.44. The number of aromatic nitrogens is 1. The van der Waals surface area contributed by atoms with Gasteiger partial charge in [-0.1, -0.05) is 15.9 Å². The lowest BCUT2D eigenvalue weighted by atomic mass is 9.90. The Kier molecular flexibility index (Phi) is 3.27. The maximum absolute atomic E-state index is 12.1. The molecule has 4 heteroatoms. The van der Waals surface area contributed by atoms with Crippen molar-refractivity contribution in [1.29, 1.82) is 0 Å². The first-order valence-corrected chi connectivity index (χ1v) is 7.19. The SMILES string of the molecule is COC(=O)c1c2c(nc3ccc(Br)cc13)CCCC2. The molecule has 19 heavy (non-hydrogen) atoms. The van der Waals surface area contributed by atoms with Gasteiger partial charge in [-0.25, -0.2) is 4.79 Å². The lowest BCUT2D eigenvalue weighted by Gasteiger charge is -2.19. The molecule has 1 aliphatic carbocycles. The summed E-state index contributed by atoms with van der Waals surface area (Å²) in [6, 6.07) is 5.84. The molecule has 0 fully saturated rings. The van der Waals surface area contributed by atoms with Crippen LogP contribution in [0.1, 0.15) is 34.5 Å². The number of carbonyl (C=O) groups is 1. The number of pyridine rings is 1. The second-order valence-corrected chi connectivity index (χ2v) is 5.69. The summed E-state index contributed by atoms with van der Waals surface area (Å²) < 4.78 is 5.92. The highest BCUT2D eigenvalue weighted by Gasteiger charge is 2.23. The lowest BCUT2D eigenvalue weighted by Crippen LogP contribution is -2.14. The van der Waals surface area contributed by atoms with Gasteiger partial charge in [0.2, 0.25) is 0 Å². The van der Waals surface area contributed by atoms with Crippen LogP contribution in [0, 0.1) is 0 Å². The second-order valence-electron chi connectivity index (χ2n) is 4.77. The predicted octanol–water partition coefficient (Wildman–Crippen LogP) is 3.66. The largest absolute Gasteiger partial charge is 0.465 e. The lowest BCUT2D eigenvalue weighted by molar-refractivity contribution is 0.0601. The molecule has 1 aliphatic rings. The Bertz CT molecular complexity index is 667. The standard InChI is InChI=1S/C15H14BrNO2/c1-19-15(18)14-10-4-2-3-5-12(10)17-13-7-6-9(16)8-11(13)14/h6-8H,2-5H2,1H3. The van der Waals surface area contributed by atoms with Crippen molar-refractivity contribution in [3.63, 3.8) is 0 Å². The number of fused-ring (bicyclic) bond motifs is 2. The molecule has 0 amide bonds. The van der Waals surface area contributed by atoms with Crippen LogP contribution in [0.3, 0.4) is 0 Å². The summed E-state index contributed by atoms with van der Waals surface area (Å²) in [5.74, 6) is -0.261. The molecule has 0 atom stereocenters. The Morgan fingerprint density at radius 1 is 1.32 bits per heavy atom. The number of halogens is 1. The molecule has 0 saturated heterocycles. The summed E-state index contributed by atoms with van der Waals surface area (Å²) in [6.07, 6.45) is 4.11.